The Balaban J connectivity index is 1.38. The van der Waals surface area contributed by atoms with Crippen LogP contribution in [0, 0.1) is 18.8 Å². The summed E-state index contributed by atoms with van der Waals surface area (Å²) in [6.07, 6.45) is 15.7. The number of anilines is 1. The zero-order chi connectivity index (χ0) is 44.3. The van der Waals surface area contributed by atoms with Crippen molar-refractivity contribution in [1.82, 2.24) is 9.55 Å². The average molecular weight is 862 g/mol. The van der Waals surface area contributed by atoms with Crippen LogP contribution in [0.4, 0.5) is 5.95 Å². The molecule has 62 heavy (non-hydrogen) atoms. The van der Waals surface area contributed by atoms with Gasteiger partial charge in [-0.3, -0.25) is 4.79 Å². The minimum atomic E-state index is -4.45. The van der Waals surface area contributed by atoms with Crippen LogP contribution in [0.3, 0.4) is 0 Å². The van der Waals surface area contributed by atoms with E-state index < -0.39 is 50.5 Å². The summed E-state index contributed by atoms with van der Waals surface area (Å²) in [4.78, 5) is 33.1. The van der Waals surface area contributed by atoms with Crippen molar-refractivity contribution in [3.63, 3.8) is 0 Å². The van der Waals surface area contributed by atoms with Gasteiger partial charge in [0.1, 0.15) is 22.0 Å². The van der Waals surface area contributed by atoms with E-state index in [0.717, 1.165) is 23.1 Å². The van der Waals surface area contributed by atoms with Crippen molar-refractivity contribution in [2.45, 2.75) is 128 Å². The Bertz CT molecular complexity index is 2710. The zero-order valence-corrected chi connectivity index (χ0v) is 37.9. The number of carbonyl (C=O) groups is 2. The second kappa shape index (κ2) is 14.3. The first-order valence-corrected chi connectivity index (χ1v) is 22.8. The van der Waals surface area contributed by atoms with E-state index in [-0.39, 0.29) is 28.8 Å². The van der Waals surface area contributed by atoms with Crippen molar-refractivity contribution in [2.75, 3.05) is 12.4 Å². The number of hydrogen-bond acceptors (Lipinski definition) is 11. The van der Waals surface area contributed by atoms with E-state index in [4.69, 9.17) is 28.1 Å². The molecule has 4 fully saturated rings. The van der Waals surface area contributed by atoms with Gasteiger partial charge in [0.2, 0.25) is 5.95 Å². The van der Waals surface area contributed by atoms with Crippen LogP contribution in [-0.2, 0) is 35.6 Å². The lowest BCUT2D eigenvalue weighted by Gasteiger charge is -2.62. The van der Waals surface area contributed by atoms with E-state index >= 15 is 4.79 Å². The third kappa shape index (κ3) is 6.08. The van der Waals surface area contributed by atoms with Crippen LogP contribution < -0.4 is 19.0 Å². The molecule has 1 saturated heterocycles. The number of allylic oxidation sites excluding steroid dienone is 4. The molecule has 1 spiro atoms. The topological polar surface area (TPSA) is 144 Å². The Morgan fingerprint density at radius 3 is 2.44 bits per heavy atom. The Morgan fingerprint density at radius 1 is 1.02 bits per heavy atom. The number of nitrogens with zero attached hydrogens (tertiary/aromatic N) is 2. The molecule has 4 bridgehead atoms. The standard InChI is InChI=1S/C49H55N3O9S/c1-27(2)12-11-21-47(9)22-20-33-40(58-47)32(18-13-28(3)4)41-36(42(33)60-62(55,56)31-16-14-29(5)15-17-31)38-37-39(52-25-24-50-45(52)51-38)34-26-35-46(7,8)61-48(43(34)53,49(35,37)59-41)23-19-30(6)44(54)57-10/h12-17,19-20,22,24-25,34-35,39H,11,18,21,23,26H2,1-10H3,(H,50,51)/b30-19-. The quantitative estimate of drug-likeness (QED) is 0.0853. The number of rotatable bonds is 11. The largest absolute Gasteiger partial charge is 0.482 e. The molecule has 10 rings (SSSR count). The van der Waals surface area contributed by atoms with Gasteiger partial charge in [0, 0.05) is 47.4 Å². The number of nitrogens with one attached hydrogen (secondary N) is 1. The van der Waals surface area contributed by atoms with E-state index in [2.05, 4.69) is 31.3 Å². The molecule has 12 nitrogen and oxygen atoms in total. The molecule has 326 valence electrons. The Hall–Kier alpha value is -5.40. The number of benzene rings is 2. The van der Waals surface area contributed by atoms with E-state index in [1.165, 1.54) is 24.8 Å². The second-order valence-electron chi connectivity index (χ2n) is 18.9. The molecule has 1 N–H and O–H groups in total. The number of carbonyl (C=O) groups excluding carboxylic acids is 2. The third-order valence-corrected chi connectivity index (χ3v) is 14.9. The summed E-state index contributed by atoms with van der Waals surface area (Å²) in [5.41, 5.74) is 1.64. The molecule has 3 aromatic rings. The zero-order valence-electron chi connectivity index (χ0n) is 37.1. The first-order chi connectivity index (χ1) is 29.3. The number of fused-ring (bicyclic) bond motifs is 4. The van der Waals surface area contributed by atoms with E-state index in [0.29, 0.717) is 64.7 Å². The molecule has 0 radical (unpaired) electrons. The van der Waals surface area contributed by atoms with Gasteiger partial charge in [-0.05, 0) is 112 Å². The maximum absolute atomic E-state index is 15.5. The third-order valence-electron chi connectivity index (χ3n) is 13.7. The summed E-state index contributed by atoms with van der Waals surface area (Å²) in [5.74, 6) is -0.248. The minimum Gasteiger partial charge on any atom is -0.482 e. The first kappa shape index (κ1) is 41.9. The SMILES string of the molecule is COC(=O)/C(C)=C\CC12OC(C)(C)C3CC(C1=O)C1C4=C(Nc5nccn51)c1c(OS(=O)(=O)c5ccc(C)cc5)c5c(c(CC=C(C)C)c1OC432)OC(C)(CCC=C(C)C)C=C5. The molecule has 1 aromatic heterocycles. The van der Waals surface area contributed by atoms with Gasteiger partial charge in [-0.1, -0.05) is 47.1 Å². The van der Waals surface area contributed by atoms with Crippen LogP contribution in [-0.4, -0.2) is 59.2 Å². The molecule has 3 saturated carbocycles. The molecule has 6 unspecified atom stereocenters. The Kier molecular flexibility index (Phi) is 9.68. The van der Waals surface area contributed by atoms with E-state index in [1.807, 2.05) is 64.5 Å². The Morgan fingerprint density at radius 2 is 1.74 bits per heavy atom. The number of hydrogen-bond donors (Lipinski definition) is 1. The molecule has 5 heterocycles. The van der Waals surface area contributed by atoms with E-state index in [9.17, 15) is 13.2 Å². The van der Waals surface area contributed by atoms with Crippen molar-refractivity contribution in [1.29, 1.82) is 0 Å². The van der Waals surface area contributed by atoms with Gasteiger partial charge >= 0.3 is 16.1 Å². The van der Waals surface area contributed by atoms with Gasteiger partial charge in [-0.25, -0.2) is 9.78 Å². The van der Waals surface area contributed by atoms with Gasteiger partial charge in [-0.2, -0.15) is 8.42 Å². The number of imidazole rings is 1. The molecule has 7 aliphatic rings. The first-order valence-electron chi connectivity index (χ1n) is 21.4. The normalized spacial score (nSPS) is 28.1. The van der Waals surface area contributed by atoms with Gasteiger partial charge in [0.25, 0.3) is 0 Å². The highest BCUT2D eigenvalue weighted by Crippen LogP contribution is 2.74. The fourth-order valence-electron chi connectivity index (χ4n) is 10.8. The highest BCUT2D eigenvalue weighted by atomic mass is 32.2. The lowest BCUT2D eigenvalue weighted by atomic mass is 9.47. The number of aryl methyl sites for hydroxylation is 1. The van der Waals surface area contributed by atoms with Crippen molar-refractivity contribution in [2.24, 2.45) is 11.8 Å². The summed E-state index contributed by atoms with van der Waals surface area (Å²) >= 11 is 0. The van der Waals surface area contributed by atoms with Crippen molar-refractivity contribution in [3.05, 3.63) is 106 Å². The minimum absolute atomic E-state index is 0.00964. The fraction of sp³-hybridized carbons (Fsp3) is 0.449. The Labute approximate surface area is 363 Å². The highest BCUT2D eigenvalue weighted by Gasteiger charge is 2.84. The monoisotopic (exact) mass is 861 g/mol. The van der Waals surface area contributed by atoms with Gasteiger partial charge in [-0.15, -0.1) is 0 Å². The molecular weight excluding hydrogens is 807 g/mol. The lowest BCUT2D eigenvalue weighted by Crippen LogP contribution is -2.75. The van der Waals surface area contributed by atoms with Crippen molar-refractivity contribution in [3.8, 4) is 17.2 Å². The molecular formula is C49H55N3O9S. The smallest absolute Gasteiger partial charge is 0.339 e. The van der Waals surface area contributed by atoms with Crippen molar-refractivity contribution >= 4 is 39.6 Å². The average Bonchev–Trinajstić information content (AvgIpc) is 3.74. The maximum atomic E-state index is 15.5. The molecule has 13 heteroatoms. The summed E-state index contributed by atoms with van der Waals surface area (Å²) in [5, 5.41) is 3.62. The molecule has 0 amide bonds. The van der Waals surface area contributed by atoms with Crippen LogP contribution in [0.25, 0.3) is 11.8 Å². The number of aromatic nitrogens is 2. The number of ether oxygens (including phenoxy) is 4. The number of ketones is 1. The maximum Gasteiger partial charge on any atom is 0.339 e. The second-order valence-corrected chi connectivity index (χ2v) is 20.4. The fourth-order valence-corrected chi connectivity index (χ4v) is 11.8. The molecule has 3 aliphatic carbocycles. The number of esters is 1. The van der Waals surface area contributed by atoms with E-state index in [1.54, 1.807) is 31.3 Å². The summed E-state index contributed by atoms with van der Waals surface area (Å²) in [6, 6.07) is 6.00. The summed E-state index contributed by atoms with van der Waals surface area (Å²) in [7, 11) is -3.12. The lowest BCUT2D eigenvalue weighted by molar-refractivity contribution is -0.181. The predicted octanol–water partition coefficient (Wildman–Crippen LogP) is 9.16. The number of Topliss-reactive ketones (excluding diaryl/α,β-unsaturated/α-hetero) is 1. The summed E-state index contributed by atoms with van der Waals surface area (Å²) in [6.45, 7) is 17.7. The predicted molar refractivity (Wildman–Crippen MR) is 235 cm³/mol. The van der Waals surface area contributed by atoms with Gasteiger partial charge in [0.05, 0.1) is 35.6 Å². The molecule has 6 atom stereocenters. The van der Waals surface area contributed by atoms with Gasteiger partial charge in [0.15, 0.2) is 22.7 Å². The number of methoxy groups -OCH3 is 1. The van der Waals surface area contributed by atoms with Crippen molar-refractivity contribution < 1.29 is 41.1 Å². The van der Waals surface area contributed by atoms with Crippen LogP contribution in [0.1, 0.15) is 109 Å². The summed E-state index contributed by atoms with van der Waals surface area (Å²) < 4.78 is 64.7. The van der Waals surface area contributed by atoms with Crippen LogP contribution in [0.2, 0.25) is 0 Å². The molecule has 4 aliphatic heterocycles. The van der Waals surface area contributed by atoms with Crippen LogP contribution in [0.15, 0.2) is 88.2 Å². The molecule has 2 aromatic carbocycles. The highest BCUT2D eigenvalue weighted by molar-refractivity contribution is 7.87. The van der Waals surface area contributed by atoms with Crippen LogP contribution in [0.5, 0.6) is 17.2 Å². The van der Waals surface area contributed by atoms with Gasteiger partial charge < -0.3 is 33.0 Å². The van der Waals surface area contributed by atoms with Crippen LogP contribution >= 0.6 is 0 Å².